The van der Waals surface area contributed by atoms with Gasteiger partial charge in [-0.25, -0.2) is 0 Å². The minimum Gasteiger partial charge on any atom is -0.482 e. The van der Waals surface area contributed by atoms with Crippen LogP contribution in [0.3, 0.4) is 0 Å². The maximum atomic E-state index is 11.3. The molecular formula is C16H12N2O4. The van der Waals surface area contributed by atoms with Crippen molar-refractivity contribution in [2.75, 3.05) is 11.9 Å². The molecule has 1 aliphatic rings. The largest absolute Gasteiger partial charge is 0.482 e. The number of hydrogen-bond donors (Lipinski definition) is 1. The molecule has 1 heterocycles. The standard InChI is InChI=1S/C16H12N2O4/c19-16-10-22-15-7-6-12(9-14(15)17-16)5-4-11-2-1-3-13(8-11)18(20)21/h1-9H,10H2,(H,17,19)/b5-4+. The zero-order chi connectivity index (χ0) is 15.5. The van der Waals surface area contributed by atoms with Crippen molar-refractivity contribution in [3.05, 3.63) is 63.7 Å². The van der Waals surface area contributed by atoms with E-state index >= 15 is 0 Å². The van der Waals surface area contributed by atoms with Gasteiger partial charge in [0.2, 0.25) is 0 Å². The molecule has 0 spiro atoms. The van der Waals surface area contributed by atoms with Crippen LogP contribution < -0.4 is 10.1 Å². The Labute approximate surface area is 126 Å². The topological polar surface area (TPSA) is 81.5 Å². The molecule has 0 radical (unpaired) electrons. The van der Waals surface area contributed by atoms with E-state index in [-0.39, 0.29) is 18.2 Å². The number of nitro benzene ring substituents is 1. The zero-order valence-electron chi connectivity index (χ0n) is 11.5. The van der Waals surface area contributed by atoms with Crippen LogP contribution in [-0.4, -0.2) is 17.4 Å². The van der Waals surface area contributed by atoms with Crippen LogP contribution >= 0.6 is 0 Å². The summed E-state index contributed by atoms with van der Waals surface area (Å²) < 4.78 is 5.28. The Kier molecular flexibility index (Phi) is 3.57. The Morgan fingerprint density at radius 2 is 1.91 bits per heavy atom. The molecule has 0 aliphatic carbocycles. The van der Waals surface area contributed by atoms with Crippen molar-refractivity contribution in [1.82, 2.24) is 0 Å². The maximum Gasteiger partial charge on any atom is 0.270 e. The predicted molar refractivity (Wildman–Crippen MR) is 82.6 cm³/mol. The first kappa shape index (κ1) is 13.8. The number of non-ortho nitro benzene ring substituents is 1. The molecule has 110 valence electrons. The van der Waals surface area contributed by atoms with Crippen LogP contribution in [0.5, 0.6) is 5.75 Å². The minimum atomic E-state index is -0.427. The third-order valence-corrected chi connectivity index (χ3v) is 3.19. The van der Waals surface area contributed by atoms with E-state index in [1.807, 2.05) is 12.1 Å². The lowest BCUT2D eigenvalue weighted by Gasteiger charge is -2.17. The molecule has 2 aromatic carbocycles. The van der Waals surface area contributed by atoms with E-state index in [0.717, 1.165) is 11.1 Å². The van der Waals surface area contributed by atoms with Crippen LogP contribution in [0, 0.1) is 10.1 Å². The Morgan fingerprint density at radius 1 is 1.14 bits per heavy atom. The molecule has 1 amide bonds. The first-order valence-corrected chi connectivity index (χ1v) is 6.61. The molecule has 6 heteroatoms. The summed E-state index contributed by atoms with van der Waals surface area (Å²) in [5, 5.41) is 13.5. The van der Waals surface area contributed by atoms with Crippen LogP contribution in [0.4, 0.5) is 11.4 Å². The van der Waals surface area contributed by atoms with Gasteiger partial charge in [-0.15, -0.1) is 0 Å². The first-order chi connectivity index (χ1) is 10.6. The van der Waals surface area contributed by atoms with Gasteiger partial charge in [0.1, 0.15) is 5.75 Å². The third-order valence-electron chi connectivity index (χ3n) is 3.19. The Morgan fingerprint density at radius 3 is 2.68 bits per heavy atom. The molecule has 0 atom stereocenters. The lowest BCUT2D eigenvalue weighted by Crippen LogP contribution is -2.25. The van der Waals surface area contributed by atoms with Crippen LogP contribution in [0.15, 0.2) is 42.5 Å². The van der Waals surface area contributed by atoms with Gasteiger partial charge >= 0.3 is 0 Å². The van der Waals surface area contributed by atoms with Gasteiger partial charge in [-0.2, -0.15) is 0 Å². The van der Waals surface area contributed by atoms with E-state index in [1.165, 1.54) is 12.1 Å². The highest BCUT2D eigenvalue weighted by atomic mass is 16.6. The SMILES string of the molecule is O=C1COc2ccc(/C=C/c3cccc([N+](=O)[O-])c3)cc2N1. The highest BCUT2D eigenvalue weighted by Gasteiger charge is 2.15. The number of nitrogens with zero attached hydrogens (tertiary/aromatic N) is 1. The number of nitro groups is 1. The van der Waals surface area contributed by atoms with Crippen molar-refractivity contribution in [3.63, 3.8) is 0 Å². The fourth-order valence-corrected chi connectivity index (χ4v) is 2.14. The average Bonchev–Trinajstić information content (AvgIpc) is 2.52. The predicted octanol–water partition coefficient (Wildman–Crippen LogP) is 3.10. The van der Waals surface area contributed by atoms with Gasteiger partial charge in [-0.3, -0.25) is 14.9 Å². The maximum absolute atomic E-state index is 11.3. The molecule has 1 N–H and O–H groups in total. The normalized spacial score (nSPS) is 13.4. The van der Waals surface area contributed by atoms with E-state index in [0.29, 0.717) is 11.4 Å². The molecule has 0 bridgehead atoms. The number of nitrogens with one attached hydrogen (secondary N) is 1. The second-order valence-electron chi connectivity index (χ2n) is 4.78. The van der Waals surface area contributed by atoms with Crippen LogP contribution in [0.2, 0.25) is 0 Å². The quantitative estimate of drug-likeness (QED) is 0.536. The summed E-state index contributed by atoms with van der Waals surface area (Å²) in [6, 6.07) is 11.8. The van der Waals surface area contributed by atoms with Gasteiger partial charge in [0.15, 0.2) is 6.61 Å². The monoisotopic (exact) mass is 296 g/mol. The minimum absolute atomic E-state index is 0.0237. The summed E-state index contributed by atoms with van der Waals surface area (Å²) in [6.07, 6.45) is 3.60. The summed E-state index contributed by atoms with van der Waals surface area (Å²) in [6.45, 7) is 0.0237. The molecule has 6 nitrogen and oxygen atoms in total. The van der Waals surface area contributed by atoms with E-state index in [1.54, 1.807) is 30.3 Å². The van der Waals surface area contributed by atoms with E-state index < -0.39 is 4.92 Å². The molecule has 0 unspecified atom stereocenters. The number of anilines is 1. The van der Waals surface area contributed by atoms with E-state index in [4.69, 9.17) is 4.74 Å². The van der Waals surface area contributed by atoms with Gasteiger partial charge in [-0.1, -0.05) is 30.4 Å². The van der Waals surface area contributed by atoms with E-state index in [2.05, 4.69) is 5.32 Å². The molecule has 1 aliphatic heterocycles. The van der Waals surface area contributed by atoms with Gasteiger partial charge < -0.3 is 10.1 Å². The number of hydrogen-bond acceptors (Lipinski definition) is 4. The first-order valence-electron chi connectivity index (χ1n) is 6.61. The van der Waals surface area contributed by atoms with Gasteiger partial charge in [0, 0.05) is 12.1 Å². The van der Waals surface area contributed by atoms with Crippen molar-refractivity contribution in [3.8, 4) is 5.75 Å². The number of ether oxygens (including phenoxy) is 1. The molecule has 0 saturated carbocycles. The van der Waals surface area contributed by atoms with Crippen LogP contribution in [0.25, 0.3) is 12.2 Å². The van der Waals surface area contributed by atoms with Gasteiger partial charge in [-0.05, 0) is 23.3 Å². The highest BCUT2D eigenvalue weighted by Crippen LogP contribution is 2.29. The molecule has 3 rings (SSSR count). The lowest BCUT2D eigenvalue weighted by atomic mass is 10.1. The lowest BCUT2D eigenvalue weighted by molar-refractivity contribution is -0.384. The zero-order valence-corrected chi connectivity index (χ0v) is 11.5. The van der Waals surface area contributed by atoms with Crippen LogP contribution in [-0.2, 0) is 4.79 Å². The van der Waals surface area contributed by atoms with E-state index in [9.17, 15) is 14.9 Å². The number of carbonyl (C=O) groups is 1. The average molecular weight is 296 g/mol. The van der Waals surface area contributed by atoms with Crippen molar-refractivity contribution >= 4 is 29.4 Å². The molecule has 0 aromatic heterocycles. The summed E-state index contributed by atoms with van der Waals surface area (Å²) in [7, 11) is 0. The molecule has 22 heavy (non-hydrogen) atoms. The van der Waals surface area contributed by atoms with Crippen molar-refractivity contribution in [2.24, 2.45) is 0 Å². The second kappa shape index (κ2) is 5.69. The van der Waals surface area contributed by atoms with Crippen molar-refractivity contribution in [2.45, 2.75) is 0 Å². The summed E-state index contributed by atoms with van der Waals surface area (Å²) in [5.74, 6) is 0.444. The summed E-state index contributed by atoms with van der Waals surface area (Å²) in [4.78, 5) is 21.6. The van der Waals surface area contributed by atoms with Crippen LogP contribution in [0.1, 0.15) is 11.1 Å². The molecular weight excluding hydrogens is 284 g/mol. The number of carbonyl (C=O) groups excluding carboxylic acids is 1. The summed E-state index contributed by atoms with van der Waals surface area (Å²) in [5.41, 5.74) is 2.26. The Hall–Kier alpha value is -3.15. The molecule has 2 aromatic rings. The number of amides is 1. The Balaban J connectivity index is 1.84. The van der Waals surface area contributed by atoms with Crippen molar-refractivity contribution < 1.29 is 14.5 Å². The highest BCUT2D eigenvalue weighted by molar-refractivity contribution is 5.95. The van der Waals surface area contributed by atoms with Gasteiger partial charge in [0.05, 0.1) is 10.6 Å². The number of fused-ring (bicyclic) bond motifs is 1. The fraction of sp³-hybridized carbons (Fsp3) is 0.0625. The van der Waals surface area contributed by atoms with Crippen molar-refractivity contribution in [1.29, 1.82) is 0 Å². The second-order valence-corrected chi connectivity index (χ2v) is 4.78. The third kappa shape index (κ3) is 2.95. The molecule has 0 fully saturated rings. The molecule has 0 saturated heterocycles. The number of rotatable bonds is 3. The Bertz CT molecular complexity index is 783. The summed E-state index contributed by atoms with van der Waals surface area (Å²) >= 11 is 0. The smallest absolute Gasteiger partial charge is 0.270 e. The number of benzene rings is 2. The van der Waals surface area contributed by atoms with Gasteiger partial charge in [0.25, 0.3) is 11.6 Å². The fourth-order valence-electron chi connectivity index (χ4n) is 2.14.